The molecule has 0 radical (unpaired) electrons. The summed E-state index contributed by atoms with van der Waals surface area (Å²) in [7, 11) is -1.42. The summed E-state index contributed by atoms with van der Waals surface area (Å²) in [6.45, 7) is 1.71. The molecule has 21 heavy (non-hydrogen) atoms. The Labute approximate surface area is 131 Å². The number of likely N-dealkylation sites (N-methyl/N-ethyl adjacent to an activating group) is 1. The van der Waals surface area contributed by atoms with E-state index < -0.39 is 10.0 Å². The summed E-state index contributed by atoms with van der Waals surface area (Å²) in [5.41, 5.74) is 2.14. The van der Waals surface area contributed by atoms with Gasteiger partial charge in [0.2, 0.25) is 10.0 Å². The first-order valence-corrected chi connectivity index (χ1v) is 8.32. The molecule has 0 aromatic heterocycles. The number of benzene rings is 1. The molecular weight excluding hydrogens is 314 g/mol. The quantitative estimate of drug-likeness (QED) is 0.764. The van der Waals surface area contributed by atoms with Gasteiger partial charge in [-0.1, -0.05) is 0 Å². The molecule has 2 N–H and O–H groups in total. The van der Waals surface area contributed by atoms with Crippen molar-refractivity contribution in [3.8, 4) is 0 Å². The van der Waals surface area contributed by atoms with Crippen LogP contribution in [0.5, 0.6) is 0 Å². The average Bonchev–Trinajstić information content (AvgIpc) is 2.81. The minimum absolute atomic E-state index is 0. The number of nitrogens with zero attached hydrogens (tertiary/aromatic N) is 1. The molecule has 0 fully saturated rings. The van der Waals surface area contributed by atoms with Gasteiger partial charge in [0.15, 0.2) is 0 Å². The highest BCUT2D eigenvalue weighted by atomic mass is 35.5. The zero-order chi connectivity index (χ0) is 14.8. The van der Waals surface area contributed by atoms with Gasteiger partial charge in [-0.05, 0) is 37.2 Å². The van der Waals surface area contributed by atoms with Gasteiger partial charge in [0.1, 0.15) is 0 Å². The van der Waals surface area contributed by atoms with E-state index in [2.05, 4.69) is 10.6 Å². The number of fused-ring (bicyclic) bond motifs is 1. The Hall–Kier alpha value is -1.31. The van der Waals surface area contributed by atoms with Crippen molar-refractivity contribution in [2.45, 2.75) is 6.42 Å². The third kappa shape index (κ3) is 4.09. The Morgan fingerprint density at radius 3 is 2.67 bits per heavy atom. The maximum Gasteiger partial charge on any atom is 0.251 e. The van der Waals surface area contributed by atoms with Crippen LogP contribution in [0, 0.1) is 0 Å². The first kappa shape index (κ1) is 17.7. The van der Waals surface area contributed by atoms with Crippen LogP contribution in [-0.4, -0.2) is 47.3 Å². The van der Waals surface area contributed by atoms with Crippen molar-refractivity contribution in [3.63, 3.8) is 0 Å². The molecule has 1 aliphatic heterocycles. The van der Waals surface area contributed by atoms with Crippen molar-refractivity contribution in [2.24, 2.45) is 0 Å². The monoisotopic (exact) mass is 333 g/mol. The van der Waals surface area contributed by atoms with Crippen LogP contribution in [0.3, 0.4) is 0 Å². The Balaban J connectivity index is 0.00000220. The van der Waals surface area contributed by atoms with E-state index in [0.717, 1.165) is 5.56 Å². The SMILES string of the molecule is CNCCNC(=O)c1ccc2c(c1)CCN2S(C)(=O)=O.Cl. The Morgan fingerprint density at radius 1 is 1.33 bits per heavy atom. The molecule has 0 aliphatic carbocycles. The van der Waals surface area contributed by atoms with Gasteiger partial charge in [0, 0.05) is 25.2 Å². The van der Waals surface area contributed by atoms with Gasteiger partial charge in [0.05, 0.1) is 11.9 Å². The van der Waals surface area contributed by atoms with Crippen LogP contribution in [0.15, 0.2) is 18.2 Å². The second kappa shape index (κ2) is 7.11. The highest BCUT2D eigenvalue weighted by molar-refractivity contribution is 7.92. The number of nitrogens with one attached hydrogen (secondary N) is 2. The predicted molar refractivity (Wildman–Crippen MR) is 85.8 cm³/mol. The van der Waals surface area contributed by atoms with Gasteiger partial charge < -0.3 is 10.6 Å². The second-order valence-corrected chi connectivity index (χ2v) is 6.69. The fourth-order valence-corrected chi connectivity index (χ4v) is 3.22. The number of amides is 1. The molecule has 0 unspecified atom stereocenters. The number of anilines is 1. The lowest BCUT2D eigenvalue weighted by atomic mass is 10.1. The van der Waals surface area contributed by atoms with Crippen molar-refractivity contribution in [1.29, 1.82) is 0 Å². The molecule has 0 saturated carbocycles. The van der Waals surface area contributed by atoms with Crippen molar-refractivity contribution in [2.75, 3.05) is 37.2 Å². The molecule has 0 spiro atoms. The largest absolute Gasteiger partial charge is 0.351 e. The minimum atomic E-state index is -3.24. The summed E-state index contributed by atoms with van der Waals surface area (Å²) in [5, 5.41) is 5.75. The second-order valence-electron chi connectivity index (χ2n) is 4.79. The molecule has 1 heterocycles. The van der Waals surface area contributed by atoms with Crippen molar-refractivity contribution in [3.05, 3.63) is 29.3 Å². The lowest BCUT2D eigenvalue weighted by molar-refractivity contribution is 0.0954. The van der Waals surface area contributed by atoms with Gasteiger partial charge >= 0.3 is 0 Å². The highest BCUT2D eigenvalue weighted by Crippen LogP contribution is 2.30. The lowest BCUT2D eigenvalue weighted by Crippen LogP contribution is -2.30. The zero-order valence-corrected chi connectivity index (χ0v) is 13.7. The summed E-state index contributed by atoms with van der Waals surface area (Å²) >= 11 is 0. The zero-order valence-electron chi connectivity index (χ0n) is 12.0. The molecule has 1 aliphatic rings. The van der Waals surface area contributed by atoms with Crippen LogP contribution in [0.25, 0.3) is 0 Å². The van der Waals surface area contributed by atoms with E-state index in [9.17, 15) is 13.2 Å². The number of rotatable bonds is 5. The maximum atomic E-state index is 11.9. The topological polar surface area (TPSA) is 78.5 Å². The molecule has 1 aromatic carbocycles. The van der Waals surface area contributed by atoms with E-state index in [1.165, 1.54) is 10.6 Å². The number of hydrogen-bond acceptors (Lipinski definition) is 4. The summed E-state index contributed by atoms with van der Waals surface area (Å²) in [4.78, 5) is 11.9. The molecule has 0 saturated heterocycles. The number of hydrogen-bond donors (Lipinski definition) is 2. The van der Waals surface area contributed by atoms with Crippen molar-refractivity contribution < 1.29 is 13.2 Å². The van der Waals surface area contributed by atoms with Gasteiger partial charge in [-0.25, -0.2) is 8.42 Å². The fraction of sp³-hybridized carbons (Fsp3) is 0.462. The van der Waals surface area contributed by atoms with E-state index in [1.807, 2.05) is 7.05 Å². The number of carbonyl (C=O) groups excluding carboxylic acids is 1. The predicted octanol–water partition coefficient (Wildman–Crippen LogP) is 0.380. The van der Waals surface area contributed by atoms with Gasteiger partial charge in [-0.3, -0.25) is 9.10 Å². The first-order valence-electron chi connectivity index (χ1n) is 6.47. The van der Waals surface area contributed by atoms with E-state index in [1.54, 1.807) is 18.2 Å². The summed E-state index contributed by atoms with van der Waals surface area (Å²) in [6, 6.07) is 5.14. The smallest absolute Gasteiger partial charge is 0.251 e. The maximum absolute atomic E-state index is 11.9. The first-order chi connectivity index (χ1) is 9.43. The highest BCUT2D eigenvalue weighted by Gasteiger charge is 2.26. The third-order valence-electron chi connectivity index (χ3n) is 3.26. The van der Waals surface area contributed by atoms with Crippen molar-refractivity contribution in [1.82, 2.24) is 10.6 Å². The van der Waals surface area contributed by atoms with Crippen LogP contribution >= 0.6 is 12.4 Å². The van der Waals surface area contributed by atoms with E-state index in [4.69, 9.17) is 0 Å². The van der Waals surface area contributed by atoms with Gasteiger partial charge in [-0.15, -0.1) is 12.4 Å². The van der Waals surface area contributed by atoms with Crippen LogP contribution in [0.4, 0.5) is 5.69 Å². The molecule has 8 heteroatoms. The molecule has 1 aromatic rings. The minimum Gasteiger partial charge on any atom is -0.351 e. The Kier molecular flexibility index (Phi) is 6.00. The van der Waals surface area contributed by atoms with Gasteiger partial charge in [0.25, 0.3) is 5.91 Å². The van der Waals surface area contributed by atoms with E-state index in [0.29, 0.717) is 37.3 Å². The summed E-state index contributed by atoms with van der Waals surface area (Å²) in [6.07, 6.45) is 1.83. The van der Waals surface area contributed by atoms with Crippen LogP contribution < -0.4 is 14.9 Å². The number of halogens is 1. The van der Waals surface area contributed by atoms with E-state index >= 15 is 0 Å². The molecule has 6 nitrogen and oxygen atoms in total. The fourth-order valence-electron chi connectivity index (χ4n) is 2.26. The van der Waals surface area contributed by atoms with Gasteiger partial charge in [-0.2, -0.15) is 0 Å². The molecule has 0 bridgehead atoms. The molecule has 118 valence electrons. The summed E-state index contributed by atoms with van der Waals surface area (Å²) in [5.74, 6) is -0.138. The lowest BCUT2D eigenvalue weighted by Gasteiger charge is -2.16. The number of sulfonamides is 1. The van der Waals surface area contributed by atoms with Crippen LogP contribution in [-0.2, 0) is 16.4 Å². The number of carbonyl (C=O) groups is 1. The standard InChI is InChI=1S/C13H19N3O3S.ClH/c1-14-6-7-15-13(17)11-3-4-12-10(9-11)5-8-16(12)20(2,18)19;/h3-4,9,14H,5-8H2,1-2H3,(H,15,17);1H. The normalized spacial score (nSPS) is 13.5. The van der Waals surface area contributed by atoms with Crippen LogP contribution in [0.1, 0.15) is 15.9 Å². The third-order valence-corrected chi connectivity index (χ3v) is 4.44. The molecule has 2 rings (SSSR count). The van der Waals surface area contributed by atoms with E-state index in [-0.39, 0.29) is 18.3 Å². The average molecular weight is 334 g/mol. The Bertz CT molecular complexity index is 619. The van der Waals surface area contributed by atoms with Crippen LogP contribution in [0.2, 0.25) is 0 Å². The molecular formula is C13H20ClN3O3S. The van der Waals surface area contributed by atoms with Crippen molar-refractivity contribution >= 4 is 34.0 Å². The molecule has 0 atom stereocenters. The Morgan fingerprint density at radius 2 is 2.05 bits per heavy atom. The molecule has 1 amide bonds. The summed E-state index contributed by atoms with van der Waals surface area (Å²) < 4.78 is 24.6.